The third kappa shape index (κ3) is 1.92. The van der Waals surface area contributed by atoms with Gasteiger partial charge in [0.25, 0.3) is 0 Å². The van der Waals surface area contributed by atoms with Crippen molar-refractivity contribution < 1.29 is 4.74 Å². The van der Waals surface area contributed by atoms with Crippen LogP contribution >= 0.6 is 0 Å². The SMILES string of the molecule is COCCN1CCc2cc(C)c(N)cc21. The van der Waals surface area contributed by atoms with Crippen molar-refractivity contribution in [2.75, 3.05) is 37.4 Å². The molecule has 0 aliphatic carbocycles. The van der Waals surface area contributed by atoms with Crippen molar-refractivity contribution in [3.8, 4) is 0 Å². The van der Waals surface area contributed by atoms with E-state index in [1.165, 1.54) is 16.8 Å². The number of hydrogen-bond acceptors (Lipinski definition) is 3. The Bertz CT molecular complexity index is 363. The molecule has 0 amide bonds. The minimum atomic E-state index is 0.771. The minimum Gasteiger partial charge on any atom is -0.398 e. The molecule has 0 radical (unpaired) electrons. The first-order valence-electron chi connectivity index (χ1n) is 5.35. The lowest BCUT2D eigenvalue weighted by Crippen LogP contribution is -2.24. The molecule has 2 N–H and O–H groups in total. The Morgan fingerprint density at radius 3 is 3.00 bits per heavy atom. The highest BCUT2D eigenvalue weighted by Crippen LogP contribution is 2.31. The van der Waals surface area contributed by atoms with E-state index in [1.54, 1.807) is 7.11 Å². The van der Waals surface area contributed by atoms with Gasteiger partial charge in [-0.2, -0.15) is 0 Å². The van der Waals surface area contributed by atoms with Crippen LogP contribution in [0.15, 0.2) is 12.1 Å². The Morgan fingerprint density at radius 2 is 2.27 bits per heavy atom. The van der Waals surface area contributed by atoms with Crippen LogP contribution in [0.5, 0.6) is 0 Å². The van der Waals surface area contributed by atoms with Crippen LogP contribution in [0.3, 0.4) is 0 Å². The second kappa shape index (κ2) is 4.11. The fraction of sp³-hybridized carbons (Fsp3) is 0.500. The quantitative estimate of drug-likeness (QED) is 0.763. The molecule has 2 rings (SSSR count). The van der Waals surface area contributed by atoms with E-state index in [2.05, 4.69) is 24.0 Å². The zero-order valence-electron chi connectivity index (χ0n) is 9.42. The second-order valence-electron chi connectivity index (χ2n) is 4.07. The summed E-state index contributed by atoms with van der Waals surface area (Å²) in [4.78, 5) is 2.34. The molecule has 82 valence electrons. The normalized spacial score (nSPS) is 14.4. The van der Waals surface area contributed by atoms with Gasteiger partial charge in [-0.25, -0.2) is 0 Å². The third-order valence-corrected chi connectivity index (χ3v) is 3.02. The first-order chi connectivity index (χ1) is 7.22. The lowest BCUT2D eigenvalue weighted by atomic mass is 10.1. The largest absolute Gasteiger partial charge is 0.398 e. The van der Waals surface area contributed by atoms with Gasteiger partial charge in [0.1, 0.15) is 0 Å². The summed E-state index contributed by atoms with van der Waals surface area (Å²) in [6.07, 6.45) is 1.13. The molecule has 0 bridgehead atoms. The average molecular weight is 206 g/mol. The highest BCUT2D eigenvalue weighted by Gasteiger charge is 2.19. The van der Waals surface area contributed by atoms with Gasteiger partial charge >= 0.3 is 0 Å². The summed E-state index contributed by atoms with van der Waals surface area (Å²) in [6.45, 7) is 4.87. The third-order valence-electron chi connectivity index (χ3n) is 3.02. The second-order valence-corrected chi connectivity index (χ2v) is 4.07. The van der Waals surface area contributed by atoms with Gasteiger partial charge in [0, 0.05) is 31.6 Å². The van der Waals surface area contributed by atoms with E-state index in [0.29, 0.717) is 0 Å². The highest BCUT2D eigenvalue weighted by atomic mass is 16.5. The van der Waals surface area contributed by atoms with Crippen LogP contribution < -0.4 is 10.6 Å². The predicted octanol–water partition coefficient (Wildman–Crippen LogP) is 1.59. The number of nitrogens with two attached hydrogens (primary N) is 1. The molecule has 1 aromatic carbocycles. The molecule has 0 saturated heterocycles. The Labute approximate surface area is 90.8 Å². The molecular formula is C12H18N2O. The van der Waals surface area contributed by atoms with Gasteiger partial charge in [-0.15, -0.1) is 0 Å². The molecule has 0 unspecified atom stereocenters. The van der Waals surface area contributed by atoms with E-state index in [0.717, 1.165) is 31.8 Å². The number of nitrogen functional groups attached to an aromatic ring is 1. The van der Waals surface area contributed by atoms with Crippen LogP contribution in [0.1, 0.15) is 11.1 Å². The molecule has 0 fully saturated rings. The topological polar surface area (TPSA) is 38.5 Å². The molecule has 1 aromatic rings. The maximum atomic E-state index is 5.93. The number of aryl methyl sites for hydroxylation is 1. The van der Waals surface area contributed by atoms with Crippen molar-refractivity contribution in [1.29, 1.82) is 0 Å². The van der Waals surface area contributed by atoms with Gasteiger partial charge < -0.3 is 15.4 Å². The molecule has 1 aliphatic rings. The summed E-state index contributed by atoms with van der Waals surface area (Å²) in [5.41, 5.74) is 10.7. The van der Waals surface area contributed by atoms with Crippen molar-refractivity contribution in [3.63, 3.8) is 0 Å². The fourth-order valence-corrected chi connectivity index (χ4v) is 2.08. The maximum Gasteiger partial charge on any atom is 0.0637 e. The predicted molar refractivity (Wildman–Crippen MR) is 63.4 cm³/mol. The van der Waals surface area contributed by atoms with Gasteiger partial charge in [-0.1, -0.05) is 6.07 Å². The lowest BCUT2D eigenvalue weighted by Gasteiger charge is -2.19. The molecule has 15 heavy (non-hydrogen) atoms. The molecule has 3 heteroatoms. The number of rotatable bonds is 3. The summed E-state index contributed by atoms with van der Waals surface area (Å²) in [5.74, 6) is 0. The summed E-state index contributed by atoms with van der Waals surface area (Å²) in [7, 11) is 1.74. The standard InChI is InChI=1S/C12H18N2O/c1-9-7-10-3-4-14(5-6-15-2)12(10)8-11(9)13/h7-8H,3-6,13H2,1-2H3. The monoisotopic (exact) mass is 206 g/mol. The molecular weight excluding hydrogens is 188 g/mol. The number of methoxy groups -OCH3 is 1. The van der Waals surface area contributed by atoms with E-state index < -0.39 is 0 Å². The molecule has 1 heterocycles. The van der Waals surface area contributed by atoms with Crippen molar-refractivity contribution >= 4 is 11.4 Å². The van der Waals surface area contributed by atoms with Crippen LogP contribution in [0.2, 0.25) is 0 Å². The number of ether oxygens (including phenoxy) is 1. The minimum absolute atomic E-state index is 0.771. The molecule has 0 aromatic heterocycles. The van der Waals surface area contributed by atoms with Crippen LogP contribution in [0.25, 0.3) is 0 Å². The molecule has 3 nitrogen and oxygen atoms in total. The van der Waals surface area contributed by atoms with Gasteiger partial charge in [-0.3, -0.25) is 0 Å². The van der Waals surface area contributed by atoms with Crippen LogP contribution in [0.4, 0.5) is 11.4 Å². The first kappa shape index (κ1) is 10.3. The summed E-state index contributed by atoms with van der Waals surface area (Å²) < 4.78 is 5.10. The van der Waals surface area contributed by atoms with Crippen molar-refractivity contribution in [3.05, 3.63) is 23.3 Å². The Balaban J connectivity index is 2.22. The smallest absolute Gasteiger partial charge is 0.0637 e. The lowest BCUT2D eigenvalue weighted by molar-refractivity contribution is 0.205. The van der Waals surface area contributed by atoms with Gasteiger partial charge in [0.15, 0.2) is 0 Å². The molecule has 0 saturated carbocycles. The van der Waals surface area contributed by atoms with E-state index in [4.69, 9.17) is 10.5 Å². The van der Waals surface area contributed by atoms with Gasteiger partial charge in [0.05, 0.1) is 6.61 Å². The summed E-state index contributed by atoms with van der Waals surface area (Å²) in [6, 6.07) is 4.30. The Morgan fingerprint density at radius 1 is 1.47 bits per heavy atom. The van der Waals surface area contributed by atoms with Crippen molar-refractivity contribution in [1.82, 2.24) is 0 Å². The average Bonchev–Trinajstić information content (AvgIpc) is 2.59. The highest BCUT2D eigenvalue weighted by molar-refractivity contribution is 5.67. The number of benzene rings is 1. The fourth-order valence-electron chi connectivity index (χ4n) is 2.08. The zero-order chi connectivity index (χ0) is 10.8. The van der Waals surface area contributed by atoms with Crippen molar-refractivity contribution in [2.45, 2.75) is 13.3 Å². The van der Waals surface area contributed by atoms with Crippen LogP contribution in [-0.2, 0) is 11.2 Å². The van der Waals surface area contributed by atoms with Crippen LogP contribution in [-0.4, -0.2) is 26.8 Å². The number of fused-ring (bicyclic) bond motifs is 1. The number of hydrogen-bond donors (Lipinski definition) is 1. The Hall–Kier alpha value is -1.22. The first-order valence-corrected chi connectivity index (χ1v) is 5.35. The zero-order valence-corrected chi connectivity index (χ0v) is 9.42. The van der Waals surface area contributed by atoms with Gasteiger partial charge in [-0.05, 0) is 30.5 Å². The number of nitrogens with zero attached hydrogens (tertiary/aromatic N) is 1. The summed E-state index contributed by atoms with van der Waals surface area (Å²) in [5, 5.41) is 0. The van der Waals surface area contributed by atoms with E-state index in [-0.39, 0.29) is 0 Å². The molecule has 1 aliphatic heterocycles. The Kier molecular flexibility index (Phi) is 2.82. The van der Waals surface area contributed by atoms with Gasteiger partial charge in [0.2, 0.25) is 0 Å². The summed E-state index contributed by atoms with van der Waals surface area (Å²) >= 11 is 0. The maximum absolute atomic E-state index is 5.93. The van der Waals surface area contributed by atoms with Crippen LogP contribution in [0, 0.1) is 6.92 Å². The van der Waals surface area contributed by atoms with E-state index in [9.17, 15) is 0 Å². The van der Waals surface area contributed by atoms with E-state index in [1.807, 2.05) is 0 Å². The molecule has 0 atom stereocenters. The van der Waals surface area contributed by atoms with Crippen molar-refractivity contribution in [2.24, 2.45) is 0 Å². The van der Waals surface area contributed by atoms with E-state index >= 15 is 0 Å². The molecule has 0 spiro atoms. The number of anilines is 2.